The van der Waals surface area contributed by atoms with Gasteiger partial charge in [0.05, 0.1) is 29.2 Å². The van der Waals surface area contributed by atoms with Gasteiger partial charge in [-0.1, -0.05) is 30.3 Å². The molecule has 2 saturated heterocycles. The van der Waals surface area contributed by atoms with Crippen molar-refractivity contribution in [1.82, 2.24) is 9.21 Å². The van der Waals surface area contributed by atoms with Crippen LogP contribution in [0.15, 0.2) is 59.5 Å². The first kappa shape index (κ1) is 22.5. The second-order valence-corrected chi connectivity index (χ2v) is 10.3. The normalized spacial score (nSPS) is 22.9. The fraction of sp³-hybridized carbons (Fsp3) is 0.417. The van der Waals surface area contributed by atoms with E-state index < -0.39 is 10.0 Å². The smallest absolute Gasteiger partial charge is 0.243 e. The second kappa shape index (κ2) is 9.41. The first-order chi connectivity index (χ1) is 15.4. The van der Waals surface area contributed by atoms with Crippen molar-refractivity contribution in [3.8, 4) is 6.07 Å². The predicted octanol–water partition coefficient (Wildman–Crippen LogP) is 2.95. The van der Waals surface area contributed by atoms with E-state index in [0.717, 1.165) is 5.56 Å². The van der Waals surface area contributed by atoms with Gasteiger partial charge in [-0.25, -0.2) is 8.42 Å². The van der Waals surface area contributed by atoms with Gasteiger partial charge in [-0.15, -0.1) is 0 Å². The summed E-state index contributed by atoms with van der Waals surface area (Å²) in [6, 6.07) is 17.8. The van der Waals surface area contributed by atoms with Crippen LogP contribution >= 0.6 is 0 Å². The topological polar surface area (TPSA) is 90.7 Å². The van der Waals surface area contributed by atoms with Crippen molar-refractivity contribution in [3.05, 3.63) is 65.7 Å². The molecule has 4 rings (SSSR count). The van der Waals surface area contributed by atoms with E-state index in [4.69, 9.17) is 10.00 Å². The van der Waals surface area contributed by atoms with Crippen molar-refractivity contribution >= 4 is 15.9 Å². The van der Waals surface area contributed by atoms with Crippen LogP contribution in [0.1, 0.15) is 37.0 Å². The molecule has 0 aliphatic carbocycles. The molecule has 7 nitrogen and oxygen atoms in total. The van der Waals surface area contributed by atoms with Gasteiger partial charge in [-0.3, -0.25) is 4.79 Å². The van der Waals surface area contributed by atoms with Crippen LogP contribution in [0.3, 0.4) is 0 Å². The van der Waals surface area contributed by atoms with E-state index in [2.05, 4.69) is 0 Å². The Morgan fingerprint density at radius 3 is 2.31 bits per heavy atom. The number of amides is 1. The highest BCUT2D eigenvalue weighted by Crippen LogP contribution is 2.29. The summed E-state index contributed by atoms with van der Waals surface area (Å²) in [6.07, 6.45) is 0.780. The lowest BCUT2D eigenvalue weighted by Gasteiger charge is -2.40. The van der Waals surface area contributed by atoms with Gasteiger partial charge in [-0.05, 0) is 49.6 Å². The van der Waals surface area contributed by atoms with Crippen LogP contribution < -0.4 is 0 Å². The summed E-state index contributed by atoms with van der Waals surface area (Å²) in [5, 5.41) is 8.91. The van der Waals surface area contributed by atoms with Crippen molar-refractivity contribution in [2.75, 3.05) is 26.2 Å². The Morgan fingerprint density at radius 2 is 1.69 bits per heavy atom. The summed E-state index contributed by atoms with van der Waals surface area (Å²) in [7, 11) is -3.64. The molecular weight excluding hydrogens is 426 g/mol. The van der Waals surface area contributed by atoms with Gasteiger partial charge in [0.25, 0.3) is 0 Å². The van der Waals surface area contributed by atoms with E-state index in [9.17, 15) is 13.2 Å². The lowest BCUT2D eigenvalue weighted by atomic mass is 9.95. The number of nitriles is 1. The number of morpholine rings is 1. The standard InChI is InChI=1S/C24H27N3O4S/c1-18-16-26(17-23(31-18)20-5-3-2-4-6-20)24(28)21-11-13-27(14-12-21)32(29,30)22-9-7-19(15-25)8-10-22/h2-10,18,21,23H,11-14,16-17H2,1H3. The zero-order chi connectivity index (χ0) is 22.7. The van der Waals surface area contributed by atoms with Crippen LogP contribution in [0.2, 0.25) is 0 Å². The van der Waals surface area contributed by atoms with Crippen LogP contribution in [0.25, 0.3) is 0 Å². The molecule has 0 spiro atoms. The maximum atomic E-state index is 13.2. The Kier molecular flexibility index (Phi) is 6.60. The largest absolute Gasteiger partial charge is 0.367 e. The molecule has 1 amide bonds. The van der Waals surface area contributed by atoms with Crippen molar-refractivity contribution in [3.63, 3.8) is 0 Å². The van der Waals surface area contributed by atoms with Gasteiger partial charge in [0.15, 0.2) is 0 Å². The molecule has 2 aliphatic rings. The number of carbonyl (C=O) groups excluding carboxylic acids is 1. The molecule has 8 heteroatoms. The fourth-order valence-electron chi connectivity index (χ4n) is 4.43. The minimum atomic E-state index is -3.64. The monoisotopic (exact) mass is 453 g/mol. The third-order valence-electron chi connectivity index (χ3n) is 6.17. The molecule has 0 aromatic heterocycles. The minimum Gasteiger partial charge on any atom is -0.367 e. The molecule has 2 aromatic rings. The van der Waals surface area contributed by atoms with Crippen LogP contribution in [-0.2, 0) is 19.6 Å². The highest BCUT2D eigenvalue weighted by Gasteiger charge is 2.36. The van der Waals surface area contributed by atoms with Gasteiger partial charge in [0.1, 0.15) is 6.10 Å². The molecule has 0 bridgehead atoms. The van der Waals surface area contributed by atoms with E-state index in [0.29, 0.717) is 44.6 Å². The van der Waals surface area contributed by atoms with E-state index in [1.165, 1.54) is 28.6 Å². The SMILES string of the molecule is CC1CN(C(=O)C2CCN(S(=O)(=O)c3ccc(C#N)cc3)CC2)CC(c2ccccc2)O1. The van der Waals surface area contributed by atoms with Crippen LogP contribution in [0, 0.1) is 17.2 Å². The maximum absolute atomic E-state index is 13.2. The van der Waals surface area contributed by atoms with E-state index in [-0.39, 0.29) is 28.9 Å². The molecule has 0 radical (unpaired) electrons. The number of piperidine rings is 1. The summed E-state index contributed by atoms with van der Waals surface area (Å²) in [5.74, 6) is -0.111. The molecular formula is C24H27N3O4S. The number of carbonyl (C=O) groups is 1. The quantitative estimate of drug-likeness (QED) is 0.710. The minimum absolute atomic E-state index is 0.0604. The van der Waals surface area contributed by atoms with Crippen molar-refractivity contribution < 1.29 is 17.9 Å². The van der Waals surface area contributed by atoms with Gasteiger partial charge in [-0.2, -0.15) is 9.57 Å². The number of rotatable bonds is 4. The fourth-order valence-corrected chi connectivity index (χ4v) is 5.90. The first-order valence-electron chi connectivity index (χ1n) is 10.9. The Hall–Kier alpha value is -2.73. The molecule has 2 aliphatic heterocycles. The van der Waals surface area contributed by atoms with E-state index in [1.807, 2.05) is 48.2 Å². The van der Waals surface area contributed by atoms with Crippen LogP contribution in [0.4, 0.5) is 0 Å². The maximum Gasteiger partial charge on any atom is 0.243 e. The number of sulfonamides is 1. The molecule has 2 fully saturated rings. The zero-order valence-corrected chi connectivity index (χ0v) is 18.9. The number of nitrogens with zero attached hydrogens (tertiary/aromatic N) is 3. The van der Waals surface area contributed by atoms with Crippen LogP contribution in [0.5, 0.6) is 0 Å². The molecule has 2 atom stereocenters. The molecule has 32 heavy (non-hydrogen) atoms. The third kappa shape index (κ3) is 4.70. The lowest BCUT2D eigenvalue weighted by molar-refractivity contribution is -0.150. The lowest BCUT2D eigenvalue weighted by Crippen LogP contribution is -2.50. The number of hydrogen-bond acceptors (Lipinski definition) is 5. The van der Waals surface area contributed by atoms with Gasteiger partial charge >= 0.3 is 0 Å². The van der Waals surface area contributed by atoms with Crippen molar-refractivity contribution in [2.45, 2.75) is 36.9 Å². The Morgan fingerprint density at radius 1 is 1.03 bits per heavy atom. The molecule has 0 saturated carbocycles. The predicted molar refractivity (Wildman–Crippen MR) is 119 cm³/mol. The summed E-state index contributed by atoms with van der Waals surface area (Å²) in [4.78, 5) is 15.3. The van der Waals surface area contributed by atoms with Gasteiger partial charge in [0.2, 0.25) is 15.9 Å². The average Bonchev–Trinajstić information content (AvgIpc) is 2.84. The Balaban J connectivity index is 1.39. The Bertz CT molecular complexity index is 1090. The first-order valence-corrected chi connectivity index (χ1v) is 12.3. The highest BCUT2D eigenvalue weighted by atomic mass is 32.2. The summed E-state index contributed by atoms with van der Waals surface area (Å²) in [6.45, 7) is 3.65. The third-order valence-corrected chi connectivity index (χ3v) is 8.08. The van der Waals surface area contributed by atoms with Crippen LogP contribution in [-0.4, -0.2) is 55.8 Å². The zero-order valence-electron chi connectivity index (χ0n) is 18.1. The molecule has 2 unspecified atom stereocenters. The second-order valence-electron chi connectivity index (χ2n) is 8.40. The molecule has 2 heterocycles. The van der Waals surface area contributed by atoms with Gasteiger partial charge < -0.3 is 9.64 Å². The number of ether oxygens (including phenoxy) is 1. The highest BCUT2D eigenvalue weighted by molar-refractivity contribution is 7.89. The van der Waals surface area contributed by atoms with E-state index in [1.54, 1.807) is 0 Å². The summed E-state index contributed by atoms with van der Waals surface area (Å²) >= 11 is 0. The van der Waals surface area contributed by atoms with Gasteiger partial charge in [0, 0.05) is 25.6 Å². The summed E-state index contributed by atoms with van der Waals surface area (Å²) in [5.41, 5.74) is 1.47. The molecule has 0 N–H and O–H groups in total. The Labute approximate surface area is 189 Å². The average molecular weight is 454 g/mol. The molecule has 2 aromatic carbocycles. The van der Waals surface area contributed by atoms with Crippen molar-refractivity contribution in [2.24, 2.45) is 5.92 Å². The molecule has 168 valence electrons. The van der Waals surface area contributed by atoms with Crippen molar-refractivity contribution in [1.29, 1.82) is 5.26 Å². The summed E-state index contributed by atoms with van der Waals surface area (Å²) < 4.78 is 33.4. The number of benzene rings is 2. The van der Waals surface area contributed by atoms with E-state index >= 15 is 0 Å². The number of hydrogen-bond donors (Lipinski definition) is 0.